The van der Waals surface area contributed by atoms with Crippen LogP contribution in [0.25, 0.3) is 0 Å². The van der Waals surface area contributed by atoms with E-state index >= 15 is 0 Å². The Bertz CT molecular complexity index is 344. The van der Waals surface area contributed by atoms with Crippen LogP contribution in [0.3, 0.4) is 0 Å². The molecule has 0 spiro atoms. The first-order valence-electron chi connectivity index (χ1n) is 6.94. The number of benzene rings is 1. The molecule has 3 nitrogen and oxygen atoms in total. The molecule has 1 aliphatic rings. The number of ether oxygens (including phenoxy) is 1. The molecule has 100 valence electrons. The predicted molar refractivity (Wildman–Crippen MR) is 75.1 cm³/mol. The zero-order chi connectivity index (χ0) is 12.8. The van der Waals surface area contributed by atoms with Gasteiger partial charge < -0.3 is 10.1 Å². The lowest BCUT2D eigenvalue weighted by Crippen LogP contribution is -2.45. The van der Waals surface area contributed by atoms with Gasteiger partial charge in [0.15, 0.2) is 0 Å². The number of hydrogen-bond acceptors (Lipinski definition) is 3. The molecule has 0 radical (unpaired) electrons. The minimum atomic E-state index is 0.558. The van der Waals surface area contributed by atoms with Gasteiger partial charge in [-0.25, -0.2) is 0 Å². The summed E-state index contributed by atoms with van der Waals surface area (Å²) >= 11 is 0. The van der Waals surface area contributed by atoms with Crippen LogP contribution in [0, 0.1) is 0 Å². The monoisotopic (exact) mass is 248 g/mol. The average Bonchev–Trinajstić information content (AvgIpc) is 2.46. The summed E-state index contributed by atoms with van der Waals surface area (Å²) in [6.45, 7) is 6.78. The SMILES string of the molecule is CCC[C@@H](c1ccc(OC)cc1)N1CCNCC1. The predicted octanol–water partition coefficient (Wildman–Crippen LogP) is 2.44. The molecule has 1 heterocycles. The Labute approximate surface area is 110 Å². The Hall–Kier alpha value is -1.06. The van der Waals surface area contributed by atoms with E-state index in [-0.39, 0.29) is 0 Å². The Morgan fingerprint density at radius 3 is 2.44 bits per heavy atom. The summed E-state index contributed by atoms with van der Waals surface area (Å²) in [6, 6.07) is 9.12. The molecule has 0 unspecified atom stereocenters. The van der Waals surface area contributed by atoms with Crippen molar-refractivity contribution in [3.63, 3.8) is 0 Å². The van der Waals surface area contributed by atoms with E-state index in [4.69, 9.17) is 4.74 Å². The molecule has 1 aromatic carbocycles. The molecule has 1 saturated heterocycles. The van der Waals surface area contributed by atoms with Crippen LogP contribution < -0.4 is 10.1 Å². The summed E-state index contributed by atoms with van der Waals surface area (Å²) in [6.07, 6.45) is 2.45. The summed E-state index contributed by atoms with van der Waals surface area (Å²) in [7, 11) is 1.72. The van der Waals surface area contributed by atoms with Crippen molar-refractivity contribution in [3.8, 4) is 5.75 Å². The van der Waals surface area contributed by atoms with Crippen LogP contribution in [-0.2, 0) is 0 Å². The third-order valence-electron chi connectivity index (χ3n) is 3.66. The first-order valence-corrected chi connectivity index (χ1v) is 6.94. The smallest absolute Gasteiger partial charge is 0.118 e. The number of nitrogens with zero attached hydrogens (tertiary/aromatic N) is 1. The third-order valence-corrected chi connectivity index (χ3v) is 3.66. The second-order valence-electron chi connectivity index (χ2n) is 4.86. The molecule has 1 aromatic rings. The van der Waals surface area contributed by atoms with Gasteiger partial charge in [-0.15, -0.1) is 0 Å². The normalized spacial score (nSPS) is 18.6. The molecular formula is C15H24N2O. The molecule has 0 aliphatic carbocycles. The highest BCUT2D eigenvalue weighted by Crippen LogP contribution is 2.27. The number of methoxy groups -OCH3 is 1. The van der Waals surface area contributed by atoms with Crippen molar-refractivity contribution < 1.29 is 4.74 Å². The summed E-state index contributed by atoms with van der Waals surface area (Å²) in [5.41, 5.74) is 1.42. The van der Waals surface area contributed by atoms with Crippen molar-refractivity contribution in [3.05, 3.63) is 29.8 Å². The average molecular weight is 248 g/mol. The number of hydrogen-bond donors (Lipinski definition) is 1. The summed E-state index contributed by atoms with van der Waals surface area (Å²) in [5.74, 6) is 0.939. The van der Waals surface area contributed by atoms with Crippen LogP contribution in [0.5, 0.6) is 5.75 Å². The van der Waals surface area contributed by atoms with Crippen molar-refractivity contribution in [2.24, 2.45) is 0 Å². The highest BCUT2D eigenvalue weighted by molar-refractivity contribution is 5.29. The maximum atomic E-state index is 5.23. The van der Waals surface area contributed by atoms with E-state index in [0.29, 0.717) is 6.04 Å². The fraction of sp³-hybridized carbons (Fsp3) is 0.600. The van der Waals surface area contributed by atoms with Crippen molar-refractivity contribution >= 4 is 0 Å². The van der Waals surface area contributed by atoms with Crippen molar-refractivity contribution in [1.29, 1.82) is 0 Å². The molecule has 1 fully saturated rings. The highest BCUT2D eigenvalue weighted by atomic mass is 16.5. The quantitative estimate of drug-likeness (QED) is 0.866. The molecule has 1 aliphatic heterocycles. The minimum absolute atomic E-state index is 0.558. The molecule has 0 amide bonds. The van der Waals surface area contributed by atoms with Gasteiger partial charge in [0.2, 0.25) is 0 Å². The van der Waals surface area contributed by atoms with E-state index < -0.39 is 0 Å². The van der Waals surface area contributed by atoms with E-state index in [0.717, 1.165) is 31.9 Å². The fourth-order valence-electron chi connectivity index (χ4n) is 2.65. The molecule has 0 saturated carbocycles. The van der Waals surface area contributed by atoms with Crippen molar-refractivity contribution in [2.45, 2.75) is 25.8 Å². The van der Waals surface area contributed by atoms with Gasteiger partial charge >= 0.3 is 0 Å². The molecule has 3 heteroatoms. The maximum Gasteiger partial charge on any atom is 0.118 e. The standard InChI is InChI=1S/C15H24N2O/c1-3-4-15(17-11-9-16-10-12-17)13-5-7-14(18-2)8-6-13/h5-8,15-16H,3-4,9-12H2,1-2H3/t15-/m0/s1. The van der Waals surface area contributed by atoms with E-state index in [1.807, 2.05) is 0 Å². The molecule has 1 N–H and O–H groups in total. The maximum absolute atomic E-state index is 5.23. The van der Waals surface area contributed by atoms with Gasteiger partial charge in [-0.05, 0) is 24.1 Å². The van der Waals surface area contributed by atoms with Crippen LogP contribution in [-0.4, -0.2) is 38.2 Å². The third kappa shape index (κ3) is 3.24. The molecule has 0 aromatic heterocycles. The molecule has 2 rings (SSSR count). The van der Waals surface area contributed by atoms with E-state index in [1.54, 1.807) is 7.11 Å². The molecule has 0 bridgehead atoms. The van der Waals surface area contributed by atoms with Gasteiger partial charge in [-0.2, -0.15) is 0 Å². The number of rotatable bonds is 5. The lowest BCUT2D eigenvalue weighted by Gasteiger charge is -2.35. The van der Waals surface area contributed by atoms with Crippen LogP contribution in [0.1, 0.15) is 31.4 Å². The van der Waals surface area contributed by atoms with Gasteiger partial charge in [0, 0.05) is 32.2 Å². The Balaban J connectivity index is 2.11. The zero-order valence-corrected chi connectivity index (χ0v) is 11.5. The Morgan fingerprint density at radius 1 is 1.22 bits per heavy atom. The Kier molecular flexibility index (Phi) is 5.02. The van der Waals surface area contributed by atoms with Crippen LogP contribution in [0.4, 0.5) is 0 Å². The first kappa shape index (κ1) is 13.4. The van der Waals surface area contributed by atoms with Gasteiger partial charge in [-0.1, -0.05) is 25.5 Å². The summed E-state index contributed by atoms with van der Waals surface area (Å²) < 4.78 is 5.23. The summed E-state index contributed by atoms with van der Waals surface area (Å²) in [4.78, 5) is 2.60. The second kappa shape index (κ2) is 6.76. The fourth-order valence-corrected chi connectivity index (χ4v) is 2.65. The number of piperazine rings is 1. The van der Waals surface area contributed by atoms with Gasteiger partial charge in [0.05, 0.1) is 7.11 Å². The van der Waals surface area contributed by atoms with Gasteiger partial charge in [0.25, 0.3) is 0 Å². The minimum Gasteiger partial charge on any atom is -0.497 e. The first-order chi connectivity index (χ1) is 8.85. The van der Waals surface area contributed by atoms with Crippen LogP contribution in [0.15, 0.2) is 24.3 Å². The molecule has 1 atom stereocenters. The second-order valence-corrected chi connectivity index (χ2v) is 4.86. The van der Waals surface area contributed by atoms with E-state index in [9.17, 15) is 0 Å². The van der Waals surface area contributed by atoms with Crippen LogP contribution in [0.2, 0.25) is 0 Å². The Morgan fingerprint density at radius 2 is 1.89 bits per heavy atom. The summed E-state index contributed by atoms with van der Waals surface area (Å²) in [5, 5.41) is 3.42. The van der Waals surface area contributed by atoms with Crippen molar-refractivity contribution in [2.75, 3.05) is 33.3 Å². The molecule has 18 heavy (non-hydrogen) atoms. The van der Waals surface area contributed by atoms with Crippen LogP contribution >= 0.6 is 0 Å². The highest BCUT2D eigenvalue weighted by Gasteiger charge is 2.21. The van der Waals surface area contributed by atoms with Crippen molar-refractivity contribution in [1.82, 2.24) is 10.2 Å². The number of nitrogens with one attached hydrogen (secondary N) is 1. The molecular weight excluding hydrogens is 224 g/mol. The topological polar surface area (TPSA) is 24.5 Å². The lowest BCUT2D eigenvalue weighted by atomic mass is 10.00. The van der Waals surface area contributed by atoms with E-state index in [2.05, 4.69) is 41.4 Å². The van der Waals surface area contributed by atoms with Gasteiger partial charge in [-0.3, -0.25) is 4.90 Å². The largest absolute Gasteiger partial charge is 0.497 e. The zero-order valence-electron chi connectivity index (χ0n) is 11.5. The van der Waals surface area contributed by atoms with E-state index in [1.165, 1.54) is 18.4 Å². The lowest BCUT2D eigenvalue weighted by molar-refractivity contribution is 0.164. The van der Waals surface area contributed by atoms with Gasteiger partial charge in [0.1, 0.15) is 5.75 Å².